The Bertz CT molecular complexity index is 1050. The Morgan fingerprint density at radius 3 is 2.48 bits per heavy atom. The third-order valence-electron chi connectivity index (χ3n) is 5.44. The van der Waals surface area contributed by atoms with Gasteiger partial charge in [0, 0.05) is 35.9 Å². The lowest BCUT2D eigenvalue weighted by molar-refractivity contribution is 0.122. The van der Waals surface area contributed by atoms with Crippen LogP contribution in [0, 0.1) is 0 Å². The fourth-order valence-electron chi connectivity index (χ4n) is 3.74. The predicted molar refractivity (Wildman–Crippen MR) is 135 cm³/mol. The van der Waals surface area contributed by atoms with Crippen LogP contribution in [-0.2, 0) is 17.9 Å². The van der Waals surface area contributed by atoms with Crippen LogP contribution in [0.1, 0.15) is 18.1 Å². The van der Waals surface area contributed by atoms with Crippen LogP contribution in [0.15, 0.2) is 60.7 Å². The number of benzene rings is 3. The van der Waals surface area contributed by atoms with E-state index in [4.69, 9.17) is 37.4 Å². The molecule has 0 amide bonds. The van der Waals surface area contributed by atoms with Crippen molar-refractivity contribution in [2.75, 3.05) is 43.1 Å². The molecule has 1 saturated heterocycles. The molecule has 4 rings (SSSR count). The third kappa shape index (κ3) is 6.26. The predicted octanol–water partition coefficient (Wildman–Crippen LogP) is 6.42. The van der Waals surface area contributed by atoms with Gasteiger partial charge in [-0.2, -0.15) is 0 Å². The number of anilines is 2. The zero-order valence-electron chi connectivity index (χ0n) is 18.7. The summed E-state index contributed by atoms with van der Waals surface area (Å²) in [6, 6.07) is 19.7. The molecule has 7 heteroatoms. The Morgan fingerprint density at radius 2 is 1.76 bits per heavy atom. The lowest BCUT2D eigenvalue weighted by atomic mass is 10.1. The fourth-order valence-corrected chi connectivity index (χ4v) is 4.17. The number of nitrogens with one attached hydrogen (secondary N) is 1. The van der Waals surface area contributed by atoms with Gasteiger partial charge in [0.2, 0.25) is 0 Å². The number of halogens is 2. The quantitative estimate of drug-likeness (QED) is 0.377. The van der Waals surface area contributed by atoms with Crippen LogP contribution < -0.4 is 19.7 Å². The molecule has 33 heavy (non-hydrogen) atoms. The largest absolute Gasteiger partial charge is 0.490 e. The van der Waals surface area contributed by atoms with Crippen molar-refractivity contribution in [2.24, 2.45) is 0 Å². The van der Waals surface area contributed by atoms with Crippen molar-refractivity contribution >= 4 is 34.6 Å². The zero-order valence-corrected chi connectivity index (χ0v) is 20.2. The summed E-state index contributed by atoms with van der Waals surface area (Å²) >= 11 is 12.6. The summed E-state index contributed by atoms with van der Waals surface area (Å²) in [4.78, 5) is 2.25. The average Bonchev–Trinajstić information content (AvgIpc) is 2.84. The minimum atomic E-state index is 0.425. The summed E-state index contributed by atoms with van der Waals surface area (Å²) in [7, 11) is 0. The SMILES string of the molecule is CCOc1cccc(CNc2ccc(N3CCOCC3)c(Cl)c2)c1OCc1ccc(Cl)cc1. The van der Waals surface area contributed by atoms with Crippen LogP contribution in [0.25, 0.3) is 0 Å². The average molecular weight is 487 g/mol. The van der Waals surface area contributed by atoms with Crippen molar-refractivity contribution in [3.63, 3.8) is 0 Å². The number of hydrogen-bond acceptors (Lipinski definition) is 5. The number of nitrogens with zero attached hydrogens (tertiary/aromatic N) is 1. The number of rotatable bonds is 9. The smallest absolute Gasteiger partial charge is 0.166 e. The summed E-state index contributed by atoms with van der Waals surface area (Å²) in [5.41, 5.74) is 4.02. The highest BCUT2D eigenvalue weighted by Crippen LogP contribution is 2.34. The van der Waals surface area contributed by atoms with Gasteiger partial charge in [0.15, 0.2) is 11.5 Å². The highest BCUT2D eigenvalue weighted by Gasteiger charge is 2.15. The van der Waals surface area contributed by atoms with Crippen molar-refractivity contribution in [1.29, 1.82) is 0 Å². The first-order valence-electron chi connectivity index (χ1n) is 11.1. The summed E-state index contributed by atoms with van der Waals surface area (Å²) in [5, 5.41) is 4.90. The van der Waals surface area contributed by atoms with Gasteiger partial charge >= 0.3 is 0 Å². The maximum absolute atomic E-state index is 6.59. The first-order chi connectivity index (χ1) is 16.1. The van der Waals surface area contributed by atoms with E-state index < -0.39 is 0 Å². The summed E-state index contributed by atoms with van der Waals surface area (Å²) in [6.45, 7) is 6.68. The molecule has 1 aliphatic rings. The minimum absolute atomic E-state index is 0.425. The molecule has 1 fully saturated rings. The molecule has 0 spiro atoms. The molecule has 1 heterocycles. The van der Waals surface area contributed by atoms with E-state index in [1.807, 2.05) is 55.5 Å². The zero-order chi connectivity index (χ0) is 23.0. The van der Waals surface area contributed by atoms with Crippen molar-refractivity contribution in [2.45, 2.75) is 20.1 Å². The summed E-state index contributed by atoms with van der Waals surface area (Å²) in [5.74, 6) is 1.46. The van der Waals surface area contributed by atoms with Gasteiger partial charge in [0.05, 0.1) is 30.5 Å². The molecule has 5 nitrogen and oxygen atoms in total. The molecule has 174 valence electrons. The molecule has 0 aliphatic carbocycles. The number of morpholine rings is 1. The highest BCUT2D eigenvalue weighted by molar-refractivity contribution is 6.33. The van der Waals surface area contributed by atoms with Gasteiger partial charge in [0.25, 0.3) is 0 Å². The van der Waals surface area contributed by atoms with Crippen LogP contribution in [0.5, 0.6) is 11.5 Å². The first kappa shape index (κ1) is 23.6. The van der Waals surface area contributed by atoms with Gasteiger partial charge in [-0.3, -0.25) is 0 Å². The molecule has 0 bridgehead atoms. The van der Waals surface area contributed by atoms with E-state index in [1.165, 1.54) is 0 Å². The standard InChI is InChI=1S/C26H28Cl2N2O3/c1-2-32-25-5-3-4-20(26(25)33-18-19-6-8-21(27)9-7-19)17-29-22-10-11-24(23(28)16-22)30-12-14-31-15-13-30/h3-11,16,29H,2,12-15,17-18H2,1H3. The first-order valence-corrected chi connectivity index (χ1v) is 11.9. The van der Waals surface area contributed by atoms with E-state index in [0.717, 1.165) is 65.3 Å². The number of para-hydroxylation sites is 1. The molecule has 3 aromatic rings. The molecule has 0 aromatic heterocycles. The van der Waals surface area contributed by atoms with E-state index in [2.05, 4.69) is 22.3 Å². The van der Waals surface area contributed by atoms with Crippen LogP contribution in [0.3, 0.4) is 0 Å². The molecule has 1 N–H and O–H groups in total. The second-order valence-corrected chi connectivity index (χ2v) is 8.56. The molecular weight excluding hydrogens is 459 g/mol. The summed E-state index contributed by atoms with van der Waals surface area (Å²) < 4.78 is 17.5. The fraction of sp³-hybridized carbons (Fsp3) is 0.308. The van der Waals surface area contributed by atoms with E-state index in [1.54, 1.807) is 0 Å². The molecule has 0 saturated carbocycles. The van der Waals surface area contributed by atoms with Gasteiger partial charge in [-0.15, -0.1) is 0 Å². The van der Waals surface area contributed by atoms with Crippen molar-refractivity contribution in [3.05, 3.63) is 81.8 Å². The van der Waals surface area contributed by atoms with Crippen molar-refractivity contribution < 1.29 is 14.2 Å². The highest BCUT2D eigenvalue weighted by atomic mass is 35.5. The Labute approximate surface area is 205 Å². The Kier molecular flexibility index (Phi) is 8.21. The van der Waals surface area contributed by atoms with Gasteiger partial charge < -0.3 is 24.4 Å². The van der Waals surface area contributed by atoms with Gasteiger partial charge in [0.1, 0.15) is 6.61 Å². The van der Waals surface area contributed by atoms with E-state index in [0.29, 0.717) is 24.8 Å². The molecule has 3 aromatic carbocycles. The maximum atomic E-state index is 6.59. The van der Waals surface area contributed by atoms with Gasteiger partial charge in [-0.25, -0.2) is 0 Å². The van der Waals surface area contributed by atoms with Crippen molar-refractivity contribution in [1.82, 2.24) is 0 Å². The maximum Gasteiger partial charge on any atom is 0.166 e. The van der Waals surface area contributed by atoms with E-state index in [9.17, 15) is 0 Å². The Morgan fingerprint density at radius 1 is 0.970 bits per heavy atom. The molecule has 0 unspecified atom stereocenters. The van der Waals surface area contributed by atoms with Crippen molar-refractivity contribution in [3.8, 4) is 11.5 Å². The monoisotopic (exact) mass is 486 g/mol. The van der Waals surface area contributed by atoms with Crippen LogP contribution in [0.2, 0.25) is 10.0 Å². The molecule has 0 atom stereocenters. The summed E-state index contributed by atoms with van der Waals surface area (Å²) in [6.07, 6.45) is 0. The Balaban J connectivity index is 1.47. The second kappa shape index (κ2) is 11.5. The minimum Gasteiger partial charge on any atom is -0.490 e. The lowest BCUT2D eigenvalue weighted by Crippen LogP contribution is -2.36. The van der Waals surface area contributed by atoms with Crippen LogP contribution >= 0.6 is 23.2 Å². The van der Waals surface area contributed by atoms with Gasteiger partial charge in [-0.1, -0.05) is 47.5 Å². The number of hydrogen-bond donors (Lipinski definition) is 1. The molecule has 0 radical (unpaired) electrons. The van der Waals surface area contributed by atoms with Crippen LogP contribution in [-0.4, -0.2) is 32.9 Å². The third-order valence-corrected chi connectivity index (χ3v) is 5.99. The second-order valence-electron chi connectivity index (χ2n) is 7.71. The van der Waals surface area contributed by atoms with E-state index >= 15 is 0 Å². The number of ether oxygens (including phenoxy) is 3. The normalized spacial score (nSPS) is 13.6. The molecule has 1 aliphatic heterocycles. The topological polar surface area (TPSA) is 43.0 Å². The van der Waals surface area contributed by atoms with Crippen LogP contribution in [0.4, 0.5) is 11.4 Å². The molecular formula is C26H28Cl2N2O3. The lowest BCUT2D eigenvalue weighted by Gasteiger charge is -2.29. The van der Waals surface area contributed by atoms with Gasteiger partial charge in [-0.05, 0) is 48.9 Å². The Hall–Kier alpha value is -2.60. The van der Waals surface area contributed by atoms with E-state index in [-0.39, 0.29) is 0 Å².